The Labute approximate surface area is 150 Å². The van der Waals surface area contributed by atoms with Crippen LogP contribution >= 0.6 is 0 Å². The third kappa shape index (κ3) is 5.14. The van der Waals surface area contributed by atoms with Gasteiger partial charge in [0.25, 0.3) is 5.91 Å². The molecule has 2 aromatic carbocycles. The number of hydrogen-bond acceptors (Lipinski definition) is 4. The minimum Gasteiger partial charge on any atom is -0.484 e. The molecule has 0 unspecified atom stereocenters. The van der Waals surface area contributed by atoms with E-state index in [1.165, 1.54) is 29.8 Å². The summed E-state index contributed by atoms with van der Waals surface area (Å²) in [6.07, 6.45) is 2.51. The number of hydrogen-bond donors (Lipinski definition) is 1. The summed E-state index contributed by atoms with van der Waals surface area (Å²) in [6, 6.07) is 15.6. The summed E-state index contributed by atoms with van der Waals surface area (Å²) in [6.45, 7) is 0.846. The van der Waals surface area contributed by atoms with E-state index in [0.29, 0.717) is 11.6 Å². The lowest BCUT2D eigenvalue weighted by Gasteiger charge is -2.09. The number of halogens is 1. The average Bonchev–Trinajstić information content (AvgIpc) is 3.12. The van der Waals surface area contributed by atoms with Crippen LogP contribution in [0.25, 0.3) is 0 Å². The molecule has 134 valence electrons. The number of aryl methyl sites for hydroxylation is 2. The maximum absolute atomic E-state index is 12.8. The zero-order chi connectivity index (χ0) is 18.2. The van der Waals surface area contributed by atoms with Crippen LogP contribution in [-0.4, -0.2) is 27.3 Å². The molecule has 0 saturated carbocycles. The summed E-state index contributed by atoms with van der Waals surface area (Å²) in [5.41, 5.74) is 1.23. The zero-order valence-corrected chi connectivity index (χ0v) is 14.1. The second-order valence-corrected chi connectivity index (χ2v) is 5.70. The van der Waals surface area contributed by atoms with Crippen LogP contribution in [0.15, 0.2) is 60.9 Å². The van der Waals surface area contributed by atoms with Crippen molar-refractivity contribution in [1.29, 1.82) is 0 Å². The lowest BCUT2D eigenvalue weighted by atomic mass is 10.1. The SMILES string of the molecule is O=C(COc1ccc(F)cc1)NCc1nncn1CCc1ccccc1. The van der Waals surface area contributed by atoms with E-state index in [-0.39, 0.29) is 24.9 Å². The molecule has 0 saturated heterocycles. The Morgan fingerprint density at radius 1 is 1.12 bits per heavy atom. The van der Waals surface area contributed by atoms with Crippen molar-refractivity contribution < 1.29 is 13.9 Å². The largest absolute Gasteiger partial charge is 0.484 e. The molecule has 0 aliphatic carbocycles. The highest BCUT2D eigenvalue weighted by Gasteiger charge is 2.08. The fraction of sp³-hybridized carbons (Fsp3) is 0.211. The first-order chi connectivity index (χ1) is 12.7. The monoisotopic (exact) mass is 354 g/mol. The van der Waals surface area contributed by atoms with E-state index in [9.17, 15) is 9.18 Å². The first-order valence-electron chi connectivity index (χ1n) is 8.26. The Bertz CT molecular complexity index is 834. The second-order valence-electron chi connectivity index (χ2n) is 5.70. The third-order valence-corrected chi connectivity index (χ3v) is 3.81. The molecule has 7 heteroatoms. The van der Waals surface area contributed by atoms with Crippen LogP contribution in [-0.2, 0) is 24.3 Å². The predicted octanol–water partition coefficient (Wildman–Crippen LogP) is 2.36. The van der Waals surface area contributed by atoms with E-state index >= 15 is 0 Å². The molecule has 1 aromatic heterocycles. The lowest BCUT2D eigenvalue weighted by molar-refractivity contribution is -0.123. The van der Waals surface area contributed by atoms with Gasteiger partial charge in [-0.25, -0.2) is 4.39 Å². The van der Waals surface area contributed by atoms with Gasteiger partial charge in [-0.1, -0.05) is 30.3 Å². The number of amides is 1. The maximum atomic E-state index is 12.8. The molecule has 0 spiro atoms. The number of nitrogens with zero attached hydrogens (tertiary/aromatic N) is 3. The Balaban J connectivity index is 1.45. The summed E-state index contributed by atoms with van der Waals surface area (Å²) in [5, 5.41) is 10.7. The minimum absolute atomic E-state index is 0.149. The number of rotatable bonds is 8. The number of ether oxygens (including phenoxy) is 1. The van der Waals surface area contributed by atoms with Gasteiger partial charge in [-0.05, 0) is 36.2 Å². The highest BCUT2D eigenvalue weighted by molar-refractivity contribution is 5.77. The molecule has 3 rings (SSSR count). The van der Waals surface area contributed by atoms with Crippen LogP contribution in [0.2, 0.25) is 0 Å². The van der Waals surface area contributed by atoms with Gasteiger partial charge in [0, 0.05) is 6.54 Å². The highest BCUT2D eigenvalue weighted by atomic mass is 19.1. The summed E-state index contributed by atoms with van der Waals surface area (Å²) in [5.74, 6) is 0.479. The van der Waals surface area contributed by atoms with Crippen LogP contribution in [0, 0.1) is 5.82 Å². The van der Waals surface area contributed by atoms with Gasteiger partial charge >= 0.3 is 0 Å². The molecular weight excluding hydrogens is 335 g/mol. The molecule has 3 aromatic rings. The van der Waals surface area contributed by atoms with Gasteiger partial charge in [0.05, 0.1) is 6.54 Å². The minimum atomic E-state index is -0.350. The average molecular weight is 354 g/mol. The van der Waals surface area contributed by atoms with Crippen molar-refractivity contribution in [3.63, 3.8) is 0 Å². The van der Waals surface area contributed by atoms with E-state index < -0.39 is 0 Å². The normalized spacial score (nSPS) is 10.5. The molecule has 0 fully saturated rings. The van der Waals surface area contributed by atoms with Gasteiger partial charge in [0.15, 0.2) is 12.4 Å². The van der Waals surface area contributed by atoms with Gasteiger partial charge < -0.3 is 14.6 Å². The van der Waals surface area contributed by atoms with Crippen molar-refractivity contribution >= 4 is 5.91 Å². The molecular formula is C19H19FN4O2. The van der Waals surface area contributed by atoms with Gasteiger partial charge in [-0.15, -0.1) is 10.2 Å². The van der Waals surface area contributed by atoms with Crippen LogP contribution in [0.3, 0.4) is 0 Å². The number of nitrogens with one attached hydrogen (secondary N) is 1. The summed E-state index contributed by atoms with van der Waals surface area (Å²) in [7, 11) is 0. The molecule has 6 nitrogen and oxygen atoms in total. The van der Waals surface area contributed by atoms with E-state index in [1.807, 2.05) is 22.8 Å². The molecule has 0 radical (unpaired) electrons. The number of benzene rings is 2. The first kappa shape index (κ1) is 17.6. The number of carbonyl (C=O) groups is 1. The quantitative estimate of drug-likeness (QED) is 0.674. The van der Waals surface area contributed by atoms with Crippen LogP contribution in [0.4, 0.5) is 4.39 Å². The van der Waals surface area contributed by atoms with Crippen LogP contribution in [0.1, 0.15) is 11.4 Å². The van der Waals surface area contributed by atoms with Crippen molar-refractivity contribution in [2.75, 3.05) is 6.61 Å². The van der Waals surface area contributed by atoms with E-state index in [0.717, 1.165) is 13.0 Å². The van der Waals surface area contributed by atoms with E-state index in [4.69, 9.17) is 4.74 Å². The third-order valence-electron chi connectivity index (χ3n) is 3.81. The fourth-order valence-corrected chi connectivity index (χ4v) is 2.41. The fourth-order valence-electron chi connectivity index (χ4n) is 2.41. The molecule has 1 heterocycles. The molecule has 0 aliphatic heterocycles. The Hall–Kier alpha value is -3.22. The van der Waals surface area contributed by atoms with E-state index in [2.05, 4.69) is 27.6 Å². The van der Waals surface area contributed by atoms with Gasteiger partial charge in [0.1, 0.15) is 17.9 Å². The Morgan fingerprint density at radius 2 is 1.88 bits per heavy atom. The standard InChI is InChI=1S/C19H19FN4O2/c20-16-6-8-17(9-7-16)26-13-19(25)21-12-18-23-22-14-24(18)11-10-15-4-2-1-3-5-15/h1-9,14H,10-13H2,(H,21,25). The molecule has 0 bridgehead atoms. The second kappa shape index (κ2) is 8.75. The predicted molar refractivity (Wildman–Crippen MR) is 93.9 cm³/mol. The molecule has 1 N–H and O–H groups in total. The molecule has 0 aliphatic rings. The van der Waals surface area contributed by atoms with Crippen molar-refractivity contribution in [2.45, 2.75) is 19.5 Å². The number of carbonyl (C=O) groups excluding carboxylic acids is 1. The van der Waals surface area contributed by atoms with Gasteiger partial charge in [-0.3, -0.25) is 4.79 Å². The summed E-state index contributed by atoms with van der Waals surface area (Å²) < 4.78 is 20.0. The first-order valence-corrected chi connectivity index (χ1v) is 8.26. The van der Waals surface area contributed by atoms with Crippen molar-refractivity contribution in [3.05, 3.63) is 78.1 Å². The topological polar surface area (TPSA) is 69.0 Å². The summed E-state index contributed by atoms with van der Waals surface area (Å²) >= 11 is 0. The number of aromatic nitrogens is 3. The van der Waals surface area contributed by atoms with Crippen LogP contribution in [0.5, 0.6) is 5.75 Å². The van der Waals surface area contributed by atoms with Crippen molar-refractivity contribution in [2.24, 2.45) is 0 Å². The maximum Gasteiger partial charge on any atom is 0.258 e. The van der Waals surface area contributed by atoms with Crippen molar-refractivity contribution in [1.82, 2.24) is 20.1 Å². The van der Waals surface area contributed by atoms with Crippen LogP contribution < -0.4 is 10.1 Å². The van der Waals surface area contributed by atoms with E-state index in [1.54, 1.807) is 6.33 Å². The Kier molecular flexibility index (Phi) is 5.92. The van der Waals surface area contributed by atoms with Crippen molar-refractivity contribution in [3.8, 4) is 5.75 Å². The van der Waals surface area contributed by atoms with Gasteiger partial charge in [-0.2, -0.15) is 0 Å². The highest BCUT2D eigenvalue weighted by Crippen LogP contribution is 2.10. The lowest BCUT2D eigenvalue weighted by Crippen LogP contribution is -2.29. The summed E-state index contributed by atoms with van der Waals surface area (Å²) in [4.78, 5) is 11.9. The Morgan fingerprint density at radius 3 is 2.65 bits per heavy atom. The molecule has 26 heavy (non-hydrogen) atoms. The molecule has 0 atom stereocenters. The molecule has 1 amide bonds. The van der Waals surface area contributed by atoms with Gasteiger partial charge in [0.2, 0.25) is 0 Å². The smallest absolute Gasteiger partial charge is 0.258 e. The zero-order valence-electron chi connectivity index (χ0n) is 14.1.